The normalized spacial score (nSPS) is 18.9. The molecule has 1 fully saturated rings. The van der Waals surface area contributed by atoms with E-state index in [0.717, 1.165) is 12.1 Å². The van der Waals surface area contributed by atoms with Crippen LogP contribution in [0.25, 0.3) is 0 Å². The van der Waals surface area contributed by atoms with Crippen molar-refractivity contribution in [1.82, 2.24) is 4.98 Å². The number of aliphatic hydroxyl groups is 1. The first kappa shape index (κ1) is 10.6. The van der Waals surface area contributed by atoms with E-state index in [9.17, 15) is 5.11 Å². The van der Waals surface area contributed by atoms with E-state index in [1.165, 1.54) is 5.56 Å². The molecule has 0 bridgehead atoms. The van der Waals surface area contributed by atoms with Gasteiger partial charge in [0.25, 0.3) is 0 Å². The van der Waals surface area contributed by atoms with Gasteiger partial charge in [0.2, 0.25) is 0 Å². The van der Waals surface area contributed by atoms with Gasteiger partial charge in [0, 0.05) is 6.20 Å². The molecule has 0 aliphatic carbocycles. The van der Waals surface area contributed by atoms with Crippen molar-refractivity contribution in [3.05, 3.63) is 29.6 Å². The molecule has 1 aromatic rings. The number of aromatic nitrogens is 1. The lowest BCUT2D eigenvalue weighted by molar-refractivity contribution is -0.186. The van der Waals surface area contributed by atoms with Crippen molar-refractivity contribution in [2.45, 2.75) is 25.9 Å². The van der Waals surface area contributed by atoms with Crippen LogP contribution in [0.3, 0.4) is 0 Å². The molecular formula is C12H17NO2. The fraction of sp³-hybridized carbons (Fsp3) is 0.583. The average molecular weight is 207 g/mol. The van der Waals surface area contributed by atoms with E-state index in [1.54, 1.807) is 0 Å². The fourth-order valence-electron chi connectivity index (χ4n) is 1.74. The van der Waals surface area contributed by atoms with E-state index in [4.69, 9.17) is 4.74 Å². The first-order chi connectivity index (χ1) is 7.10. The molecule has 0 aromatic carbocycles. The summed E-state index contributed by atoms with van der Waals surface area (Å²) in [6.45, 7) is 5.09. The van der Waals surface area contributed by atoms with Crippen LogP contribution in [0.2, 0.25) is 0 Å². The molecule has 0 atom stereocenters. The Morgan fingerprint density at radius 3 is 2.60 bits per heavy atom. The summed E-state index contributed by atoms with van der Waals surface area (Å²) in [6, 6.07) is 3.94. The maximum absolute atomic E-state index is 9.97. The zero-order chi connectivity index (χ0) is 10.9. The summed E-state index contributed by atoms with van der Waals surface area (Å²) in [5.41, 5.74) is 1.11. The maximum atomic E-state index is 9.97. The largest absolute Gasteiger partial charge is 0.379 e. The van der Waals surface area contributed by atoms with Crippen LogP contribution in [0.1, 0.15) is 25.1 Å². The summed E-state index contributed by atoms with van der Waals surface area (Å²) in [6.07, 6.45) is 2.88. The highest BCUT2D eigenvalue weighted by Crippen LogP contribution is 2.27. The van der Waals surface area contributed by atoms with Crippen molar-refractivity contribution < 1.29 is 9.84 Å². The second kappa shape index (κ2) is 3.91. The molecule has 2 rings (SSSR count). The lowest BCUT2D eigenvalue weighted by Crippen LogP contribution is -2.47. The van der Waals surface area contributed by atoms with E-state index in [0.29, 0.717) is 19.1 Å². The van der Waals surface area contributed by atoms with Gasteiger partial charge < -0.3 is 9.84 Å². The van der Waals surface area contributed by atoms with Crippen LogP contribution in [-0.4, -0.2) is 23.3 Å². The molecule has 0 amide bonds. The smallest absolute Gasteiger partial charge is 0.153 e. The first-order valence-electron chi connectivity index (χ1n) is 5.36. The Balaban J connectivity index is 2.10. The highest BCUT2D eigenvalue weighted by molar-refractivity contribution is 5.20. The van der Waals surface area contributed by atoms with Gasteiger partial charge in [-0.3, -0.25) is 4.98 Å². The molecule has 1 aliphatic heterocycles. The Bertz CT molecular complexity index is 328. The van der Waals surface area contributed by atoms with Crippen molar-refractivity contribution in [2.75, 3.05) is 13.2 Å². The number of nitrogens with zero attached hydrogens (tertiary/aromatic N) is 1. The Labute approximate surface area is 90.1 Å². The molecule has 3 heteroatoms. The van der Waals surface area contributed by atoms with Gasteiger partial charge in [0.05, 0.1) is 18.9 Å². The van der Waals surface area contributed by atoms with Gasteiger partial charge in [0.15, 0.2) is 5.60 Å². The molecule has 1 aliphatic rings. The van der Waals surface area contributed by atoms with Crippen molar-refractivity contribution >= 4 is 0 Å². The number of hydrogen-bond donors (Lipinski definition) is 1. The Morgan fingerprint density at radius 1 is 1.47 bits per heavy atom. The SMILES string of the molecule is CC(C)Cc1ccc(C2(O)COC2)nc1. The molecule has 3 nitrogen and oxygen atoms in total. The molecule has 2 heterocycles. The third-order valence-electron chi connectivity index (χ3n) is 2.63. The standard InChI is InChI=1S/C12H17NO2/c1-9(2)5-10-3-4-11(13-6-10)12(14)7-15-8-12/h3-4,6,9,14H,5,7-8H2,1-2H3. The van der Waals surface area contributed by atoms with E-state index in [1.807, 2.05) is 18.3 Å². The van der Waals surface area contributed by atoms with Crippen LogP contribution in [-0.2, 0) is 16.8 Å². The summed E-state index contributed by atoms with van der Waals surface area (Å²) in [5.74, 6) is 0.632. The summed E-state index contributed by atoms with van der Waals surface area (Å²) in [4.78, 5) is 4.30. The van der Waals surface area contributed by atoms with Crippen molar-refractivity contribution in [2.24, 2.45) is 5.92 Å². The van der Waals surface area contributed by atoms with Gasteiger partial charge in [0.1, 0.15) is 0 Å². The third kappa shape index (κ3) is 2.19. The molecule has 0 unspecified atom stereocenters. The lowest BCUT2D eigenvalue weighted by Gasteiger charge is -2.35. The Kier molecular flexibility index (Phi) is 2.76. The van der Waals surface area contributed by atoms with Gasteiger partial charge in [-0.2, -0.15) is 0 Å². The minimum Gasteiger partial charge on any atom is -0.379 e. The van der Waals surface area contributed by atoms with E-state index in [2.05, 4.69) is 18.8 Å². The summed E-state index contributed by atoms with van der Waals surface area (Å²) in [5, 5.41) is 9.97. The van der Waals surface area contributed by atoms with Crippen LogP contribution in [0.4, 0.5) is 0 Å². The molecule has 15 heavy (non-hydrogen) atoms. The van der Waals surface area contributed by atoms with Crippen LogP contribution in [0.15, 0.2) is 18.3 Å². The summed E-state index contributed by atoms with van der Waals surface area (Å²) >= 11 is 0. The molecule has 1 saturated heterocycles. The highest BCUT2D eigenvalue weighted by Gasteiger charge is 2.39. The maximum Gasteiger partial charge on any atom is 0.153 e. The minimum absolute atomic E-state index is 0.365. The van der Waals surface area contributed by atoms with Crippen LogP contribution in [0, 0.1) is 5.92 Å². The lowest BCUT2D eigenvalue weighted by atomic mass is 9.96. The molecule has 1 N–H and O–H groups in total. The third-order valence-corrected chi connectivity index (χ3v) is 2.63. The van der Waals surface area contributed by atoms with Crippen LogP contribution < -0.4 is 0 Å². The van der Waals surface area contributed by atoms with Gasteiger partial charge in [-0.1, -0.05) is 19.9 Å². The second-order valence-corrected chi connectivity index (χ2v) is 4.67. The topological polar surface area (TPSA) is 42.4 Å². The van der Waals surface area contributed by atoms with Crippen LogP contribution >= 0.6 is 0 Å². The fourth-order valence-corrected chi connectivity index (χ4v) is 1.74. The van der Waals surface area contributed by atoms with E-state index >= 15 is 0 Å². The number of pyridine rings is 1. The monoisotopic (exact) mass is 207 g/mol. The second-order valence-electron chi connectivity index (χ2n) is 4.67. The van der Waals surface area contributed by atoms with Crippen molar-refractivity contribution in [3.63, 3.8) is 0 Å². The first-order valence-corrected chi connectivity index (χ1v) is 5.36. The summed E-state index contributed by atoms with van der Waals surface area (Å²) in [7, 11) is 0. The molecule has 82 valence electrons. The predicted molar refractivity (Wildman–Crippen MR) is 57.5 cm³/mol. The van der Waals surface area contributed by atoms with Gasteiger partial charge in [-0.15, -0.1) is 0 Å². The number of hydrogen-bond acceptors (Lipinski definition) is 3. The predicted octanol–water partition coefficient (Wildman–Crippen LogP) is 1.50. The van der Waals surface area contributed by atoms with E-state index in [-0.39, 0.29) is 0 Å². The van der Waals surface area contributed by atoms with Crippen molar-refractivity contribution in [1.29, 1.82) is 0 Å². The molecule has 1 aromatic heterocycles. The zero-order valence-electron chi connectivity index (χ0n) is 9.23. The number of ether oxygens (including phenoxy) is 1. The molecule has 0 spiro atoms. The van der Waals surface area contributed by atoms with E-state index < -0.39 is 5.60 Å². The summed E-state index contributed by atoms with van der Waals surface area (Å²) < 4.78 is 5.00. The Morgan fingerprint density at radius 2 is 2.20 bits per heavy atom. The van der Waals surface area contributed by atoms with Gasteiger partial charge in [-0.05, 0) is 24.0 Å². The van der Waals surface area contributed by atoms with Crippen molar-refractivity contribution in [3.8, 4) is 0 Å². The van der Waals surface area contributed by atoms with Gasteiger partial charge >= 0.3 is 0 Å². The molecular weight excluding hydrogens is 190 g/mol. The quantitative estimate of drug-likeness (QED) is 0.816. The van der Waals surface area contributed by atoms with Crippen LogP contribution in [0.5, 0.6) is 0 Å². The Hall–Kier alpha value is -0.930. The number of rotatable bonds is 3. The average Bonchev–Trinajstić information content (AvgIpc) is 2.14. The molecule has 0 saturated carbocycles. The minimum atomic E-state index is -0.837. The molecule has 0 radical (unpaired) electrons. The zero-order valence-corrected chi connectivity index (χ0v) is 9.23. The van der Waals surface area contributed by atoms with Gasteiger partial charge in [-0.25, -0.2) is 0 Å². The highest BCUT2D eigenvalue weighted by atomic mass is 16.5.